The molecule has 1 atom stereocenters. The Morgan fingerprint density at radius 1 is 0.862 bits per heavy atom. The van der Waals surface area contributed by atoms with Crippen LogP contribution in [0.4, 0.5) is 0 Å². The first-order chi connectivity index (χ1) is 13.6. The first-order valence-electron chi connectivity index (χ1n) is 10.2. The molecule has 0 saturated heterocycles. The van der Waals surface area contributed by atoms with Gasteiger partial charge in [0, 0.05) is 24.3 Å². The molecule has 0 heterocycles. The average molecular weight is 424 g/mol. The van der Waals surface area contributed by atoms with Crippen molar-refractivity contribution in [2.45, 2.75) is 79.2 Å². The van der Waals surface area contributed by atoms with Gasteiger partial charge in [0.05, 0.1) is 0 Å². The second-order valence-electron chi connectivity index (χ2n) is 7.66. The molecule has 0 aliphatic carbocycles. The number of thioether (sulfide) groups is 1. The van der Waals surface area contributed by atoms with Gasteiger partial charge < -0.3 is 15.2 Å². The van der Waals surface area contributed by atoms with Gasteiger partial charge in [-0.2, -0.15) is 11.8 Å². The number of hydrogen-bond donors (Lipinski definition) is 2. The van der Waals surface area contributed by atoms with Crippen molar-refractivity contribution in [2.75, 3.05) is 11.5 Å². The summed E-state index contributed by atoms with van der Waals surface area (Å²) in [6.07, 6.45) is 11.0. The Kier molecular flexibility index (Phi) is 15.0. The van der Waals surface area contributed by atoms with Crippen LogP contribution in [0.15, 0.2) is 34.9 Å². The van der Waals surface area contributed by atoms with Crippen LogP contribution in [0.5, 0.6) is 0 Å². The van der Waals surface area contributed by atoms with Crippen LogP contribution in [-0.2, 0) is 14.4 Å². The number of aliphatic carboxylic acids is 1. The molecule has 0 aliphatic rings. The van der Waals surface area contributed by atoms with E-state index >= 15 is 0 Å². The zero-order chi connectivity index (χ0) is 22.2. The first kappa shape index (κ1) is 27.2. The van der Waals surface area contributed by atoms with E-state index in [4.69, 9.17) is 0 Å². The summed E-state index contributed by atoms with van der Waals surface area (Å²) >= 11 is 1.48. The lowest BCUT2D eigenvalue weighted by atomic mass is 10.1. The summed E-state index contributed by atoms with van der Waals surface area (Å²) in [5, 5.41) is 11.7. The molecule has 1 amide bonds. The molecule has 29 heavy (non-hydrogen) atoms. The zero-order valence-corrected chi connectivity index (χ0v) is 19.4. The molecular weight excluding hydrogens is 386 g/mol. The zero-order valence-electron chi connectivity index (χ0n) is 18.5. The van der Waals surface area contributed by atoms with E-state index in [1.54, 1.807) is 0 Å². The Labute approximate surface area is 180 Å². The van der Waals surface area contributed by atoms with Gasteiger partial charge in [0.2, 0.25) is 5.91 Å². The molecule has 0 bridgehead atoms. The van der Waals surface area contributed by atoms with E-state index in [2.05, 4.69) is 51.2 Å². The van der Waals surface area contributed by atoms with Gasteiger partial charge in [-0.05, 0) is 60.3 Å². The molecule has 164 valence electrons. The molecule has 0 unspecified atom stereocenters. The van der Waals surface area contributed by atoms with E-state index in [0.717, 1.165) is 25.7 Å². The average Bonchev–Trinajstić information content (AvgIpc) is 2.61. The van der Waals surface area contributed by atoms with Gasteiger partial charge in [-0.25, -0.2) is 4.79 Å². The number of ketones is 1. The summed E-state index contributed by atoms with van der Waals surface area (Å²) in [7, 11) is 0. The highest BCUT2D eigenvalue weighted by molar-refractivity contribution is 7.99. The number of Topliss-reactive ketones (excluding diaryl/α,β-unsaturated/α-hetero) is 1. The summed E-state index contributed by atoms with van der Waals surface area (Å²) in [5.74, 6) is -0.522. The van der Waals surface area contributed by atoms with Crippen molar-refractivity contribution >= 4 is 29.4 Å². The van der Waals surface area contributed by atoms with Crippen molar-refractivity contribution < 1.29 is 19.5 Å². The topological polar surface area (TPSA) is 83.5 Å². The third-order valence-corrected chi connectivity index (χ3v) is 5.27. The Morgan fingerprint density at radius 2 is 1.45 bits per heavy atom. The summed E-state index contributed by atoms with van der Waals surface area (Å²) in [4.78, 5) is 33.9. The molecule has 5 nitrogen and oxygen atoms in total. The standard InChI is InChI=1S/C23H37NO4S/c1-17(2)8-6-9-18(3)10-7-11-19(4)14-15-29-16-21(23(27)28)24-22(26)13-12-20(5)25/h8,10,14,21H,6-7,9,11-13,15-16H2,1-5H3,(H,24,26)(H,27,28)/b18-10+,19-14+/t21-/m0/s1. The van der Waals surface area contributed by atoms with Gasteiger partial charge in [-0.3, -0.25) is 4.79 Å². The van der Waals surface area contributed by atoms with E-state index in [0.29, 0.717) is 11.5 Å². The van der Waals surface area contributed by atoms with E-state index < -0.39 is 17.9 Å². The molecule has 0 spiro atoms. The quantitative estimate of drug-likeness (QED) is 0.283. The third-order valence-electron chi connectivity index (χ3n) is 4.29. The fourth-order valence-electron chi connectivity index (χ4n) is 2.46. The number of carbonyl (C=O) groups excluding carboxylic acids is 2. The van der Waals surface area contributed by atoms with Crippen molar-refractivity contribution in [1.82, 2.24) is 5.32 Å². The van der Waals surface area contributed by atoms with Gasteiger partial charge in [0.1, 0.15) is 11.8 Å². The number of allylic oxidation sites excluding steroid dienone is 5. The van der Waals surface area contributed by atoms with Crippen molar-refractivity contribution in [1.29, 1.82) is 0 Å². The smallest absolute Gasteiger partial charge is 0.327 e. The van der Waals surface area contributed by atoms with Crippen LogP contribution in [0, 0.1) is 0 Å². The van der Waals surface area contributed by atoms with Crippen molar-refractivity contribution in [3.8, 4) is 0 Å². The van der Waals surface area contributed by atoms with Crippen molar-refractivity contribution in [3.05, 3.63) is 34.9 Å². The predicted octanol–water partition coefficient (Wildman–Crippen LogP) is 5.08. The molecule has 6 heteroatoms. The van der Waals surface area contributed by atoms with Gasteiger partial charge in [-0.15, -0.1) is 0 Å². The molecule has 0 fully saturated rings. The minimum atomic E-state index is -1.05. The maximum atomic E-state index is 11.7. The normalized spacial score (nSPS) is 13.0. The first-order valence-corrected chi connectivity index (χ1v) is 11.3. The van der Waals surface area contributed by atoms with Crippen LogP contribution in [0.2, 0.25) is 0 Å². The number of amides is 1. The van der Waals surface area contributed by atoms with Gasteiger partial charge in [0.15, 0.2) is 0 Å². The molecule has 0 saturated carbocycles. The van der Waals surface area contributed by atoms with E-state index in [1.165, 1.54) is 35.4 Å². The predicted molar refractivity (Wildman–Crippen MR) is 122 cm³/mol. The summed E-state index contributed by atoms with van der Waals surface area (Å²) < 4.78 is 0. The summed E-state index contributed by atoms with van der Waals surface area (Å²) in [6, 6.07) is -0.931. The number of hydrogen-bond acceptors (Lipinski definition) is 4. The van der Waals surface area contributed by atoms with Gasteiger partial charge in [0.25, 0.3) is 0 Å². The largest absolute Gasteiger partial charge is 0.480 e. The van der Waals surface area contributed by atoms with Crippen LogP contribution in [-0.4, -0.2) is 40.3 Å². The molecule has 0 aromatic carbocycles. The maximum absolute atomic E-state index is 11.7. The van der Waals surface area contributed by atoms with E-state index in [9.17, 15) is 19.5 Å². The Hall–Kier alpha value is -1.82. The molecule has 2 N–H and O–H groups in total. The number of carbonyl (C=O) groups is 3. The van der Waals surface area contributed by atoms with E-state index in [-0.39, 0.29) is 18.6 Å². The monoisotopic (exact) mass is 423 g/mol. The van der Waals surface area contributed by atoms with Gasteiger partial charge in [-0.1, -0.05) is 34.9 Å². The number of carboxylic acid groups (broad SMARTS) is 1. The van der Waals surface area contributed by atoms with Crippen LogP contribution < -0.4 is 5.32 Å². The van der Waals surface area contributed by atoms with Crippen molar-refractivity contribution in [3.63, 3.8) is 0 Å². The second-order valence-corrected chi connectivity index (χ2v) is 8.73. The van der Waals surface area contributed by atoms with Crippen LogP contribution in [0.3, 0.4) is 0 Å². The Morgan fingerprint density at radius 3 is 2.00 bits per heavy atom. The van der Waals surface area contributed by atoms with Crippen molar-refractivity contribution in [2.24, 2.45) is 0 Å². The lowest BCUT2D eigenvalue weighted by molar-refractivity contribution is -0.141. The number of rotatable bonds is 15. The lowest BCUT2D eigenvalue weighted by Gasteiger charge is -2.13. The summed E-state index contributed by atoms with van der Waals surface area (Å²) in [5.41, 5.74) is 4.05. The van der Waals surface area contributed by atoms with Gasteiger partial charge >= 0.3 is 5.97 Å². The second kappa shape index (κ2) is 16.0. The highest BCUT2D eigenvalue weighted by Crippen LogP contribution is 2.13. The fourth-order valence-corrected chi connectivity index (χ4v) is 3.46. The minimum absolute atomic E-state index is 0.0318. The Balaban J connectivity index is 4.20. The lowest BCUT2D eigenvalue weighted by Crippen LogP contribution is -2.42. The molecule has 0 aliphatic heterocycles. The maximum Gasteiger partial charge on any atom is 0.327 e. The van der Waals surface area contributed by atoms with Crippen LogP contribution in [0.1, 0.15) is 73.1 Å². The number of carboxylic acids is 1. The molecule has 0 radical (unpaired) electrons. The SMILES string of the molecule is CC(=O)CCC(=O)N[C@@H](CSC/C=C(\C)CC/C=C(\C)CCC=C(C)C)C(=O)O. The molecule has 0 rings (SSSR count). The third kappa shape index (κ3) is 16.8. The van der Waals surface area contributed by atoms with Crippen LogP contribution >= 0.6 is 11.8 Å². The number of nitrogens with one attached hydrogen (secondary N) is 1. The highest BCUT2D eigenvalue weighted by atomic mass is 32.2. The minimum Gasteiger partial charge on any atom is -0.480 e. The van der Waals surface area contributed by atoms with E-state index in [1.807, 2.05) is 0 Å². The fraction of sp³-hybridized carbons (Fsp3) is 0.609. The highest BCUT2D eigenvalue weighted by Gasteiger charge is 2.19. The Bertz CT molecular complexity index is 631. The van der Waals surface area contributed by atoms with Crippen LogP contribution in [0.25, 0.3) is 0 Å². The molecular formula is C23H37NO4S. The molecule has 0 aromatic heterocycles. The molecule has 0 aromatic rings. The summed E-state index contributed by atoms with van der Waals surface area (Å²) in [6.45, 7) is 9.91.